The molecule has 0 amide bonds. The van der Waals surface area contributed by atoms with Crippen LogP contribution in [0.3, 0.4) is 0 Å². The molecule has 0 aromatic carbocycles. The lowest BCUT2D eigenvalue weighted by Crippen LogP contribution is -2.13. The standard InChI is InChI=1S/C14H30/c1-7-14(8-2)13(6)10-9-12(5)11(3)4/h11-14H,7-10H2,1-6H3/t12-,13+/m0/s1. The van der Waals surface area contributed by atoms with Crippen molar-refractivity contribution >= 4 is 0 Å². The Kier molecular flexibility index (Phi) is 7.31. The molecule has 14 heavy (non-hydrogen) atoms. The molecule has 2 atom stereocenters. The van der Waals surface area contributed by atoms with Crippen LogP contribution in [0.4, 0.5) is 0 Å². The van der Waals surface area contributed by atoms with Crippen LogP contribution in [0, 0.1) is 23.7 Å². The molecule has 0 aromatic rings. The zero-order valence-electron chi connectivity index (χ0n) is 11.1. The average Bonchev–Trinajstić information content (AvgIpc) is 2.15. The summed E-state index contributed by atoms with van der Waals surface area (Å²) in [5.74, 6) is 3.62. The van der Waals surface area contributed by atoms with Gasteiger partial charge in [-0.1, -0.05) is 67.2 Å². The monoisotopic (exact) mass is 198 g/mol. The highest BCUT2D eigenvalue weighted by Gasteiger charge is 2.15. The van der Waals surface area contributed by atoms with Gasteiger partial charge in [0, 0.05) is 0 Å². The van der Waals surface area contributed by atoms with Crippen molar-refractivity contribution in [1.29, 1.82) is 0 Å². The van der Waals surface area contributed by atoms with E-state index in [0.717, 1.165) is 23.7 Å². The quantitative estimate of drug-likeness (QED) is 0.532. The summed E-state index contributed by atoms with van der Waals surface area (Å²) in [4.78, 5) is 0. The highest BCUT2D eigenvalue weighted by Crippen LogP contribution is 2.26. The number of hydrogen-bond acceptors (Lipinski definition) is 0. The van der Waals surface area contributed by atoms with Gasteiger partial charge in [0.25, 0.3) is 0 Å². The lowest BCUT2D eigenvalue weighted by atomic mass is 9.82. The molecule has 0 aliphatic carbocycles. The number of rotatable bonds is 7. The van der Waals surface area contributed by atoms with Crippen LogP contribution in [0.5, 0.6) is 0 Å². The normalized spacial score (nSPS) is 16.3. The van der Waals surface area contributed by atoms with Gasteiger partial charge in [-0.3, -0.25) is 0 Å². The van der Waals surface area contributed by atoms with Crippen molar-refractivity contribution in [3.05, 3.63) is 0 Å². The Balaban J connectivity index is 3.77. The van der Waals surface area contributed by atoms with E-state index in [1.165, 1.54) is 25.7 Å². The van der Waals surface area contributed by atoms with Gasteiger partial charge in [0.05, 0.1) is 0 Å². The fraction of sp³-hybridized carbons (Fsp3) is 1.00. The molecule has 0 saturated heterocycles. The zero-order valence-corrected chi connectivity index (χ0v) is 11.1. The second-order valence-electron chi connectivity index (χ2n) is 5.35. The highest BCUT2D eigenvalue weighted by molar-refractivity contribution is 4.66. The van der Waals surface area contributed by atoms with Crippen molar-refractivity contribution < 1.29 is 0 Å². The molecule has 0 spiro atoms. The molecule has 0 saturated carbocycles. The van der Waals surface area contributed by atoms with E-state index < -0.39 is 0 Å². The molecular formula is C14H30. The van der Waals surface area contributed by atoms with Gasteiger partial charge in [-0.15, -0.1) is 0 Å². The minimum absolute atomic E-state index is 0.851. The van der Waals surface area contributed by atoms with Gasteiger partial charge >= 0.3 is 0 Å². The van der Waals surface area contributed by atoms with Gasteiger partial charge in [0.1, 0.15) is 0 Å². The van der Waals surface area contributed by atoms with E-state index in [0.29, 0.717) is 0 Å². The zero-order chi connectivity index (χ0) is 11.1. The first-order chi connectivity index (χ1) is 6.52. The Labute approximate surface area is 91.5 Å². The van der Waals surface area contributed by atoms with Crippen LogP contribution in [0.2, 0.25) is 0 Å². The van der Waals surface area contributed by atoms with Crippen LogP contribution in [-0.2, 0) is 0 Å². The first-order valence-electron chi connectivity index (χ1n) is 6.52. The maximum absolute atomic E-state index is 2.44. The molecule has 0 aromatic heterocycles. The lowest BCUT2D eigenvalue weighted by molar-refractivity contribution is 0.276. The molecule has 0 aliphatic rings. The van der Waals surface area contributed by atoms with Crippen LogP contribution in [0.1, 0.15) is 67.2 Å². The van der Waals surface area contributed by atoms with Gasteiger partial charge in [0.15, 0.2) is 0 Å². The molecule has 0 bridgehead atoms. The van der Waals surface area contributed by atoms with Crippen molar-refractivity contribution in [2.24, 2.45) is 23.7 Å². The Hall–Kier alpha value is 0. The fourth-order valence-corrected chi connectivity index (χ4v) is 2.19. The van der Waals surface area contributed by atoms with Crippen molar-refractivity contribution in [2.45, 2.75) is 67.2 Å². The smallest absolute Gasteiger partial charge is 0.0394 e. The first kappa shape index (κ1) is 14.0. The van der Waals surface area contributed by atoms with Gasteiger partial charge in [-0.25, -0.2) is 0 Å². The second kappa shape index (κ2) is 7.31. The molecule has 0 N–H and O–H groups in total. The topological polar surface area (TPSA) is 0 Å². The molecule has 0 rings (SSSR count). The summed E-state index contributed by atoms with van der Waals surface area (Å²) < 4.78 is 0. The molecule has 86 valence electrons. The van der Waals surface area contributed by atoms with Crippen molar-refractivity contribution in [3.8, 4) is 0 Å². The minimum Gasteiger partial charge on any atom is -0.0651 e. The maximum Gasteiger partial charge on any atom is -0.0394 e. The van der Waals surface area contributed by atoms with Gasteiger partial charge < -0.3 is 0 Å². The van der Waals surface area contributed by atoms with Crippen LogP contribution in [0.15, 0.2) is 0 Å². The van der Waals surface area contributed by atoms with Crippen LogP contribution in [-0.4, -0.2) is 0 Å². The van der Waals surface area contributed by atoms with Crippen LogP contribution >= 0.6 is 0 Å². The van der Waals surface area contributed by atoms with Crippen molar-refractivity contribution in [3.63, 3.8) is 0 Å². The van der Waals surface area contributed by atoms with Gasteiger partial charge in [0.2, 0.25) is 0 Å². The summed E-state index contributed by atoms with van der Waals surface area (Å²) in [6, 6.07) is 0. The second-order valence-corrected chi connectivity index (χ2v) is 5.35. The molecule has 0 heterocycles. The Morgan fingerprint density at radius 3 is 1.50 bits per heavy atom. The van der Waals surface area contributed by atoms with E-state index >= 15 is 0 Å². The Morgan fingerprint density at radius 1 is 0.714 bits per heavy atom. The third-order valence-corrected chi connectivity index (χ3v) is 4.07. The summed E-state index contributed by atoms with van der Waals surface area (Å²) in [6.45, 7) is 14.2. The molecule has 0 fully saturated rings. The van der Waals surface area contributed by atoms with Crippen molar-refractivity contribution in [1.82, 2.24) is 0 Å². The Bertz CT molecular complexity index is 122. The predicted molar refractivity (Wildman–Crippen MR) is 66.5 cm³/mol. The summed E-state index contributed by atoms with van der Waals surface area (Å²) in [6.07, 6.45) is 5.54. The molecule has 0 radical (unpaired) electrons. The molecule has 0 aliphatic heterocycles. The van der Waals surface area contributed by atoms with Crippen LogP contribution < -0.4 is 0 Å². The first-order valence-corrected chi connectivity index (χ1v) is 6.52. The molecule has 0 nitrogen and oxygen atoms in total. The minimum atomic E-state index is 0.851. The van der Waals surface area contributed by atoms with Gasteiger partial charge in [-0.05, 0) is 23.7 Å². The maximum atomic E-state index is 2.44. The molecular weight excluding hydrogens is 168 g/mol. The predicted octanol–water partition coefficient (Wildman–Crippen LogP) is 5.13. The summed E-state index contributed by atoms with van der Waals surface area (Å²) in [7, 11) is 0. The van der Waals surface area contributed by atoms with Crippen molar-refractivity contribution in [2.75, 3.05) is 0 Å². The largest absolute Gasteiger partial charge is 0.0651 e. The van der Waals surface area contributed by atoms with Gasteiger partial charge in [-0.2, -0.15) is 0 Å². The van der Waals surface area contributed by atoms with E-state index in [4.69, 9.17) is 0 Å². The lowest BCUT2D eigenvalue weighted by Gasteiger charge is -2.23. The third kappa shape index (κ3) is 5.02. The van der Waals surface area contributed by atoms with E-state index in [-0.39, 0.29) is 0 Å². The van der Waals surface area contributed by atoms with Crippen LogP contribution in [0.25, 0.3) is 0 Å². The average molecular weight is 198 g/mol. The summed E-state index contributed by atoms with van der Waals surface area (Å²) >= 11 is 0. The molecule has 0 unspecified atom stereocenters. The SMILES string of the molecule is CCC(CC)[C@H](C)CC[C@H](C)C(C)C. The van der Waals surface area contributed by atoms with E-state index in [1.807, 2.05) is 0 Å². The Morgan fingerprint density at radius 2 is 1.14 bits per heavy atom. The van der Waals surface area contributed by atoms with E-state index in [1.54, 1.807) is 0 Å². The third-order valence-electron chi connectivity index (χ3n) is 4.07. The highest BCUT2D eigenvalue weighted by atomic mass is 14.2. The van der Waals surface area contributed by atoms with E-state index in [2.05, 4.69) is 41.5 Å². The summed E-state index contributed by atoms with van der Waals surface area (Å²) in [5, 5.41) is 0. The van der Waals surface area contributed by atoms with E-state index in [9.17, 15) is 0 Å². The fourth-order valence-electron chi connectivity index (χ4n) is 2.19. The molecule has 0 heteroatoms. The number of hydrogen-bond donors (Lipinski definition) is 0. The summed E-state index contributed by atoms with van der Waals surface area (Å²) in [5.41, 5.74) is 0.